The summed E-state index contributed by atoms with van der Waals surface area (Å²) in [5.74, 6) is -0.968. The molecular formula is C21H22FNO4S. The molecule has 1 heterocycles. The first-order chi connectivity index (χ1) is 13.3. The van der Waals surface area contributed by atoms with E-state index in [2.05, 4.69) is 0 Å². The van der Waals surface area contributed by atoms with Gasteiger partial charge in [-0.3, -0.25) is 9.69 Å². The van der Waals surface area contributed by atoms with Gasteiger partial charge in [0.1, 0.15) is 0 Å². The van der Waals surface area contributed by atoms with Gasteiger partial charge in [0.05, 0.1) is 16.7 Å². The molecule has 28 heavy (non-hydrogen) atoms. The van der Waals surface area contributed by atoms with Crippen molar-refractivity contribution in [3.63, 3.8) is 0 Å². The van der Waals surface area contributed by atoms with E-state index >= 15 is 0 Å². The van der Waals surface area contributed by atoms with E-state index in [0.717, 1.165) is 6.07 Å². The number of hydrogen-bond acceptors (Lipinski definition) is 5. The molecule has 3 atom stereocenters. The second-order valence-corrected chi connectivity index (χ2v) is 9.98. The summed E-state index contributed by atoms with van der Waals surface area (Å²) in [7, 11) is -3.32. The van der Waals surface area contributed by atoms with Crippen LogP contribution >= 0.6 is 0 Å². The van der Waals surface area contributed by atoms with Crippen LogP contribution < -0.4 is 0 Å². The van der Waals surface area contributed by atoms with Gasteiger partial charge in [0.25, 0.3) is 0 Å². The molecule has 1 saturated carbocycles. The highest BCUT2D eigenvalue weighted by atomic mass is 32.2. The van der Waals surface area contributed by atoms with Gasteiger partial charge in [-0.15, -0.1) is 0 Å². The Hall–Kier alpha value is -2.25. The number of likely N-dealkylation sites (tertiary alicyclic amines) is 1. The Bertz CT molecular complexity index is 979. The van der Waals surface area contributed by atoms with Crippen molar-refractivity contribution in [3.8, 4) is 5.75 Å². The second kappa shape index (κ2) is 7.29. The van der Waals surface area contributed by atoms with E-state index in [1.165, 1.54) is 12.1 Å². The Morgan fingerprint density at radius 1 is 1.07 bits per heavy atom. The van der Waals surface area contributed by atoms with Crippen LogP contribution in [-0.2, 0) is 9.84 Å². The molecule has 1 aliphatic carbocycles. The van der Waals surface area contributed by atoms with Gasteiger partial charge in [0.2, 0.25) is 0 Å². The lowest BCUT2D eigenvalue weighted by molar-refractivity contribution is 0.0940. The summed E-state index contributed by atoms with van der Waals surface area (Å²) in [6, 6.07) is 12.2. The fraction of sp³-hybridized carbons (Fsp3) is 0.381. The summed E-state index contributed by atoms with van der Waals surface area (Å²) >= 11 is 0. The van der Waals surface area contributed by atoms with Crippen LogP contribution in [-0.4, -0.2) is 49.1 Å². The lowest BCUT2D eigenvalue weighted by atomic mass is 10.0. The minimum Gasteiger partial charge on any atom is -0.505 e. The van der Waals surface area contributed by atoms with Crippen LogP contribution in [0, 0.1) is 17.7 Å². The van der Waals surface area contributed by atoms with E-state index < -0.39 is 21.4 Å². The van der Waals surface area contributed by atoms with Crippen molar-refractivity contribution in [2.45, 2.75) is 23.0 Å². The highest BCUT2D eigenvalue weighted by Crippen LogP contribution is 2.42. The molecule has 1 aliphatic heterocycles. The van der Waals surface area contributed by atoms with Crippen LogP contribution in [0.15, 0.2) is 53.4 Å². The molecule has 2 aliphatic rings. The van der Waals surface area contributed by atoms with Gasteiger partial charge in [-0.25, -0.2) is 12.8 Å². The Labute approximate surface area is 163 Å². The van der Waals surface area contributed by atoms with Gasteiger partial charge in [-0.05, 0) is 55.0 Å². The predicted octanol–water partition coefficient (Wildman–Crippen LogP) is 2.90. The summed E-state index contributed by atoms with van der Waals surface area (Å²) in [5.41, 5.74) is 0.233. The van der Waals surface area contributed by atoms with Crippen molar-refractivity contribution in [3.05, 3.63) is 59.9 Å². The van der Waals surface area contributed by atoms with Gasteiger partial charge in [-0.2, -0.15) is 0 Å². The number of ketones is 1. The fourth-order valence-electron chi connectivity index (χ4n) is 4.50. The number of aromatic hydroxyl groups is 1. The maximum Gasteiger partial charge on any atom is 0.181 e. The maximum atomic E-state index is 13.5. The average Bonchev–Trinajstić information content (AvgIpc) is 3.23. The number of phenolic OH excluding ortho intramolecular Hbond substituents is 1. The number of Topliss-reactive ketones (excluding diaryl/α,β-unsaturated/α-hetero) is 1. The van der Waals surface area contributed by atoms with Crippen LogP contribution in [0.2, 0.25) is 0 Å². The SMILES string of the molecule is O=C(CN1C[C@H]2C[C@@H](S(=O)(=O)c3ccccc3)C[C@H]2C1)c1ccc(O)c(F)c1. The molecule has 0 aromatic heterocycles. The topological polar surface area (TPSA) is 74.7 Å². The van der Waals surface area contributed by atoms with Crippen molar-refractivity contribution in [2.24, 2.45) is 11.8 Å². The van der Waals surface area contributed by atoms with E-state index in [9.17, 15) is 22.7 Å². The zero-order valence-corrected chi connectivity index (χ0v) is 16.1. The van der Waals surface area contributed by atoms with Crippen LogP contribution in [0.4, 0.5) is 4.39 Å². The highest BCUT2D eigenvalue weighted by Gasteiger charge is 2.45. The number of sulfone groups is 1. The monoisotopic (exact) mass is 403 g/mol. The minimum atomic E-state index is -3.32. The lowest BCUT2D eigenvalue weighted by Gasteiger charge is -2.18. The third-order valence-electron chi connectivity index (χ3n) is 5.93. The largest absolute Gasteiger partial charge is 0.505 e. The first-order valence-corrected chi connectivity index (χ1v) is 10.9. The zero-order valence-electron chi connectivity index (χ0n) is 15.3. The summed E-state index contributed by atoms with van der Waals surface area (Å²) in [5, 5.41) is 8.88. The molecule has 0 unspecified atom stereocenters. The molecule has 2 aromatic rings. The third kappa shape index (κ3) is 3.56. The van der Waals surface area contributed by atoms with Crippen LogP contribution in [0.25, 0.3) is 0 Å². The highest BCUT2D eigenvalue weighted by molar-refractivity contribution is 7.92. The van der Waals surface area contributed by atoms with Crippen LogP contribution in [0.5, 0.6) is 5.75 Å². The van der Waals surface area contributed by atoms with Crippen molar-refractivity contribution < 1.29 is 22.7 Å². The predicted molar refractivity (Wildman–Crippen MR) is 102 cm³/mol. The lowest BCUT2D eigenvalue weighted by Crippen LogP contribution is -2.30. The molecule has 0 spiro atoms. The molecule has 2 aromatic carbocycles. The molecule has 7 heteroatoms. The third-order valence-corrected chi connectivity index (χ3v) is 8.12. The van der Waals surface area contributed by atoms with Crippen molar-refractivity contribution in [1.29, 1.82) is 0 Å². The molecular weight excluding hydrogens is 381 g/mol. The van der Waals surface area contributed by atoms with Gasteiger partial charge in [0.15, 0.2) is 27.2 Å². The second-order valence-electron chi connectivity index (χ2n) is 7.76. The number of phenols is 1. The molecule has 148 valence electrons. The number of rotatable bonds is 5. The minimum absolute atomic E-state index is 0.174. The first-order valence-electron chi connectivity index (χ1n) is 9.37. The van der Waals surface area contributed by atoms with Crippen molar-refractivity contribution in [2.75, 3.05) is 19.6 Å². The molecule has 1 N–H and O–H groups in total. The summed E-state index contributed by atoms with van der Waals surface area (Å²) in [6.07, 6.45) is 1.22. The van der Waals surface area contributed by atoms with Crippen LogP contribution in [0.3, 0.4) is 0 Å². The molecule has 4 rings (SSSR count). The maximum absolute atomic E-state index is 13.5. The number of nitrogens with zero attached hydrogens (tertiary/aromatic N) is 1. The van der Waals surface area contributed by atoms with E-state index in [-0.39, 0.29) is 35.0 Å². The Morgan fingerprint density at radius 3 is 2.32 bits per heavy atom. The van der Waals surface area contributed by atoms with Crippen LogP contribution in [0.1, 0.15) is 23.2 Å². The Kier molecular flexibility index (Phi) is 4.97. The number of carbonyl (C=O) groups is 1. The van der Waals surface area contributed by atoms with Crippen molar-refractivity contribution >= 4 is 15.6 Å². The molecule has 0 radical (unpaired) electrons. The van der Waals surface area contributed by atoms with Gasteiger partial charge in [0, 0.05) is 18.7 Å². The molecule has 2 fully saturated rings. The summed E-state index contributed by atoms with van der Waals surface area (Å²) in [4.78, 5) is 14.8. The van der Waals surface area contributed by atoms with E-state index in [4.69, 9.17) is 0 Å². The van der Waals surface area contributed by atoms with Crippen molar-refractivity contribution in [1.82, 2.24) is 4.90 Å². The zero-order chi connectivity index (χ0) is 19.9. The number of halogens is 1. The van der Waals surface area contributed by atoms with E-state index in [1.807, 2.05) is 4.90 Å². The summed E-state index contributed by atoms with van der Waals surface area (Å²) in [6.45, 7) is 1.53. The smallest absolute Gasteiger partial charge is 0.181 e. The molecule has 0 amide bonds. The Balaban J connectivity index is 1.38. The van der Waals surface area contributed by atoms with Gasteiger partial charge >= 0.3 is 0 Å². The molecule has 5 nitrogen and oxygen atoms in total. The normalized spacial score (nSPS) is 25.0. The average molecular weight is 403 g/mol. The van der Waals surface area contributed by atoms with Gasteiger partial charge in [-0.1, -0.05) is 18.2 Å². The van der Waals surface area contributed by atoms with E-state index in [0.29, 0.717) is 30.8 Å². The quantitative estimate of drug-likeness (QED) is 0.777. The number of benzene rings is 2. The molecule has 0 bridgehead atoms. The van der Waals surface area contributed by atoms with Gasteiger partial charge < -0.3 is 5.11 Å². The first kappa shape index (κ1) is 19.1. The molecule has 1 saturated heterocycles. The number of carbonyl (C=O) groups excluding carboxylic acids is 1. The number of hydrogen-bond donors (Lipinski definition) is 1. The Morgan fingerprint density at radius 2 is 1.71 bits per heavy atom. The fourth-order valence-corrected chi connectivity index (χ4v) is 6.42. The summed E-state index contributed by atoms with van der Waals surface area (Å²) < 4.78 is 39.2. The van der Waals surface area contributed by atoms with E-state index in [1.54, 1.807) is 30.3 Å². The number of fused-ring (bicyclic) bond motifs is 1. The standard InChI is InChI=1S/C21H22FNO4S/c22-19-10-14(6-7-20(19)24)21(25)13-23-11-15-8-18(9-16(15)12-23)28(26,27)17-4-2-1-3-5-17/h1-7,10,15-16,18,24H,8-9,11-13H2/t15-,16+,18-.